The molecule has 1 aliphatic rings. The van der Waals surface area contributed by atoms with E-state index in [1.165, 1.54) is 23.0 Å². The summed E-state index contributed by atoms with van der Waals surface area (Å²) in [7, 11) is 0. The minimum atomic E-state index is -1.94. The van der Waals surface area contributed by atoms with Crippen molar-refractivity contribution in [2.45, 2.75) is 18.8 Å². The Morgan fingerprint density at radius 3 is 2.80 bits per heavy atom. The molecule has 0 radical (unpaired) electrons. The number of aliphatic hydroxyl groups is 1. The van der Waals surface area contributed by atoms with Crippen LogP contribution in [0.5, 0.6) is 0 Å². The first-order chi connectivity index (χ1) is 11.7. The lowest BCUT2D eigenvalue weighted by atomic mass is 10.2. The van der Waals surface area contributed by atoms with Crippen molar-refractivity contribution in [2.24, 2.45) is 15.8 Å². The smallest absolute Gasteiger partial charge is 0.320 e. The molecule has 1 heterocycles. The van der Waals surface area contributed by atoms with Gasteiger partial charge in [0, 0.05) is 10.6 Å². The third-order valence-electron chi connectivity index (χ3n) is 3.61. The van der Waals surface area contributed by atoms with Gasteiger partial charge in [-0.2, -0.15) is 5.10 Å². The largest absolute Gasteiger partial charge is 0.480 e. The monoisotopic (exact) mass is 407 g/mol. The van der Waals surface area contributed by atoms with Crippen LogP contribution in [0.4, 0.5) is 0 Å². The van der Waals surface area contributed by atoms with Gasteiger partial charge in [0.1, 0.15) is 12.7 Å². The second-order valence-corrected chi connectivity index (χ2v) is 6.42. The molecule has 2 unspecified atom stereocenters. The van der Waals surface area contributed by atoms with Crippen molar-refractivity contribution in [3.05, 3.63) is 33.8 Å². The molecule has 0 saturated heterocycles. The van der Waals surface area contributed by atoms with E-state index < -0.39 is 17.9 Å². The van der Waals surface area contributed by atoms with Gasteiger partial charge in [-0.05, 0) is 19.1 Å². The summed E-state index contributed by atoms with van der Waals surface area (Å²) in [5.41, 5.74) is 6.39. The number of carboxylic acid groups (broad SMARTS) is 1. The molecule has 0 saturated carbocycles. The highest BCUT2D eigenvalue weighted by Crippen LogP contribution is 2.25. The zero-order chi connectivity index (χ0) is 18.8. The predicted molar refractivity (Wildman–Crippen MR) is 97.0 cm³/mol. The first kappa shape index (κ1) is 19.7. The number of nitrogens with two attached hydrogens (primary N) is 1. The molecule has 4 N–H and O–H groups in total. The molecule has 0 bridgehead atoms. The molecule has 1 aromatic carbocycles. The van der Waals surface area contributed by atoms with Gasteiger partial charge in [0.25, 0.3) is 0 Å². The summed E-state index contributed by atoms with van der Waals surface area (Å²) in [4.78, 5) is 16.3. The van der Waals surface area contributed by atoms with E-state index in [4.69, 9.17) is 40.5 Å². The highest BCUT2D eigenvalue weighted by molar-refractivity contribution is 6.36. The van der Waals surface area contributed by atoms with Crippen LogP contribution in [0.3, 0.4) is 0 Å². The average Bonchev–Trinajstić information content (AvgIpc) is 2.54. The third-order valence-corrected chi connectivity index (χ3v) is 4.53. The normalized spacial score (nSPS) is 22.9. The molecule has 0 spiro atoms. The summed E-state index contributed by atoms with van der Waals surface area (Å²) in [5.74, 6) is -3.55. The maximum absolute atomic E-state index is 11.3. The van der Waals surface area contributed by atoms with E-state index in [0.29, 0.717) is 15.6 Å². The molecule has 25 heavy (non-hydrogen) atoms. The number of hydrazone groups is 1. The SMILES string of the molecule is CC(C(=O)O)N1CN(/N=C/c2ccc(Cl)cc2Cl)C(N)=NC1(O)CCl. The number of rotatable bonds is 5. The van der Waals surface area contributed by atoms with Crippen LogP contribution in [0.25, 0.3) is 0 Å². The lowest BCUT2D eigenvalue weighted by molar-refractivity contribution is -0.164. The fraction of sp³-hybridized carbons (Fsp3) is 0.357. The Bertz CT molecular complexity index is 730. The first-order valence-corrected chi connectivity index (χ1v) is 8.37. The Morgan fingerprint density at radius 2 is 2.24 bits per heavy atom. The van der Waals surface area contributed by atoms with Crippen LogP contribution < -0.4 is 5.73 Å². The van der Waals surface area contributed by atoms with Gasteiger partial charge in [0.2, 0.25) is 11.8 Å². The zero-order valence-corrected chi connectivity index (χ0v) is 15.4. The van der Waals surface area contributed by atoms with Crippen LogP contribution in [0.2, 0.25) is 10.0 Å². The van der Waals surface area contributed by atoms with E-state index in [1.807, 2.05) is 0 Å². The molecule has 136 valence electrons. The highest BCUT2D eigenvalue weighted by Gasteiger charge is 2.44. The number of halogens is 3. The number of aliphatic carboxylic acids is 1. The van der Waals surface area contributed by atoms with Gasteiger partial charge in [-0.25, -0.2) is 14.9 Å². The van der Waals surface area contributed by atoms with Crippen LogP contribution in [0.15, 0.2) is 28.3 Å². The minimum Gasteiger partial charge on any atom is -0.480 e. The second kappa shape index (κ2) is 7.76. The van der Waals surface area contributed by atoms with Gasteiger partial charge in [-0.15, -0.1) is 11.6 Å². The van der Waals surface area contributed by atoms with Crippen molar-refractivity contribution >= 4 is 52.9 Å². The number of alkyl halides is 1. The number of guanidine groups is 1. The van der Waals surface area contributed by atoms with Crippen molar-refractivity contribution in [2.75, 3.05) is 12.5 Å². The number of hydrogen-bond donors (Lipinski definition) is 3. The predicted octanol–water partition coefficient (Wildman–Crippen LogP) is 1.58. The van der Waals surface area contributed by atoms with Crippen molar-refractivity contribution < 1.29 is 15.0 Å². The Hall–Kier alpha value is -1.58. The quantitative estimate of drug-likeness (QED) is 0.503. The van der Waals surface area contributed by atoms with Crippen LogP contribution in [0.1, 0.15) is 12.5 Å². The standard InChI is InChI=1S/C14H16Cl3N5O3/c1-8(12(23)24)21-7-22(13(18)20-14(21,25)6-15)19-5-9-2-3-10(16)4-11(9)17/h2-5,8,25H,6-7H2,1H3,(H2,18,20)(H,23,24)/b19-5+. The van der Waals surface area contributed by atoms with Gasteiger partial charge in [0.05, 0.1) is 17.1 Å². The second-order valence-electron chi connectivity index (χ2n) is 5.31. The fourth-order valence-corrected chi connectivity index (χ4v) is 2.81. The Balaban J connectivity index is 2.31. The van der Waals surface area contributed by atoms with Gasteiger partial charge >= 0.3 is 5.97 Å². The van der Waals surface area contributed by atoms with E-state index >= 15 is 0 Å². The highest BCUT2D eigenvalue weighted by atomic mass is 35.5. The summed E-state index contributed by atoms with van der Waals surface area (Å²) in [6, 6.07) is 3.80. The van der Waals surface area contributed by atoms with Gasteiger partial charge in [-0.3, -0.25) is 4.79 Å². The fourth-order valence-electron chi connectivity index (χ4n) is 2.14. The van der Waals surface area contributed by atoms with E-state index in [9.17, 15) is 15.0 Å². The Morgan fingerprint density at radius 1 is 1.56 bits per heavy atom. The third kappa shape index (κ3) is 4.34. The number of benzene rings is 1. The van der Waals surface area contributed by atoms with E-state index in [1.54, 1.807) is 18.2 Å². The lowest BCUT2D eigenvalue weighted by Gasteiger charge is -2.43. The molecule has 0 amide bonds. The average molecular weight is 409 g/mol. The molecular weight excluding hydrogens is 393 g/mol. The summed E-state index contributed by atoms with van der Waals surface area (Å²) < 4.78 is 0. The number of nitrogens with zero attached hydrogens (tertiary/aromatic N) is 4. The molecule has 0 aromatic heterocycles. The number of carbonyl (C=O) groups is 1. The maximum Gasteiger partial charge on any atom is 0.320 e. The summed E-state index contributed by atoms with van der Waals surface area (Å²) in [6.07, 6.45) is 1.43. The Labute approximate surface area is 159 Å². The van der Waals surface area contributed by atoms with Crippen molar-refractivity contribution in [3.8, 4) is 0 Å². The number of hydrogen-bond acceptors (Lipinski definition) is 7. The molecule has 1 aromatic rings. The topological polar surface area (TPSA) is 115 Å². The summed E-state index contributed by atoms with van der Waals surface area (Å²) >= 11 is 17.7. The van der Waals surface area contributed by atoms with E-state index in [-0.39, 0.29) is 18.5 Å². The first-order valence-electron chi connectivity index (χ1n) is 7.07. The summed E-state index contributed by atoms with van der Waals surface area (Å²) in [5, 5.41) is 25.9. The summed E-state index contributed by atoms with van der Waals surface area (Å²) in [6.45, 7) is 1.27. The molecule has 0 fully saturated rings. The molecule has 0 aliphatic carbocycles. The molecule has 2 atom stereocenters. The van der Waals surface area contributed by atoms with Crippen molar-refractivity contribution in [1.29, 1.82) is 0 Å². The van der Waals surface area contributed by atoms with Crippen molar-refractivity contribution in [1.82, 2.24) is 9.91 Å². The number of carboxylic acids is 1. The van der Waals surface area contributed by atoms with E-state index in [0.717, 1.165) is 0 Å². The van der Waals surface area contributed by atoms with Gasteiger partial charge < -0.3 is 15.9 Å². The van der Waals surface area contributed by atoms with Crippen LogP contribution in [0, 0.1) is 0 Å². The lowest BCUT2D eigenvalue weighted by Crippen LogP contribution is -2.63. The van der Waals surface area contributed by atoms with Crippen LogP contribution in [-0.2, 0) is 4.79 Å². The van der Waals surface area contributed by atoms with Crippen LogP contribution >= 0.6 is 34.8 Å². The van der Waals surface area contributed by atoms with E-state index in [2.05, 4.69) is 10.1 Å². The molecule has 2 rings (SSSR count). The molecule has 8 nitrogen and oxygen atoms in total. The van der Waals surface area contributed by atoms with Gasteiger partial charge in [0.15, 0.2) is 0 Å². The Kier molecular flexibility index (Phi) is 6.12. The van der Waals surface area contributed by atoms with Crippen LogP contribution in [-0.4, -0.2) is 62.7 Å². The molecular formula is C14H16Cl3N5O3. The minimum absolute atomic E-state index is 0.113. The number of aliphatic imine (C=N–C) groups is 1. The molecule has 1 aliphatic heterocycles. The maximum atomic E-state index is 11.3. The zero-order valence-electron chi connectivity index (χ0n) is 13.1. The molecule has 11 heteroatoms. The van der Waals surface area contributed by atoms with Gasteiger partial charge in [-0.1, -0.05) is 29.3 Å². The van der Waals surface area contributed by atoms with Crippen molar-refractivity contribution in [3.63, 3.8) is 0 Å².